The van der Waals surface area contributed by atoms with E-state index >= 15 is 0 Å². The van der Waals surface area contributed by atoms with Crippen molar-refractivity contribution in [3.63, 3.8) is 0 Å². The molecule has 2 N–H and O–H groups in total. The second kappa shape index (κ2) is 7.07. The van der Waals surface area contributed by atoms with Gasteiger partial charge >= 0.3 is 0 Å². The van der Waals surface area contributed by atoms with Crippen molar-refractivity contribution >= 4 is 12.4 Å². The molecule has 104 valence electrons. The Hall–Kier alpha value is -0.650. The van der Waals surface area contributed by atoms with Gasteiger partial charge in [0, 0.05) is 19.1 Å². The molecule has 1 saturated heterocycles. The van der Waals surface area contributed by atoms with Crippen LogP contribution in [0.3, 0.4) is 0 Å². The molecule has 1 aromatic rings. The molecule has 0 bridgehead atoms. The van der Waals surface area contributed by atoms with E-state index < -0.39 is 0 Å². The first-order valence-electron chi connectivity index (χ1n) is 6.59. The zero-order valence-electron chi connectivity index (χ0n) is 11.3. The molecular formula is C12H24ClN5. The lowest BCUT2D eigenvalue weighted by Gasteiger charge is -2.34. The molecule has 2 heterocycles. The molecule has 1 aromatic heterocycles. The van der Waals surface area contributed by atoms with Crippen molar-refractivity contribution in [3.8, 4) is 0 Å². The van der Waals surface area contributed by atoms with Crippen LogP contribution in [0, 0.1) is 6.92 Å². The van der Waals surface area contributed by atoms with E-state index in [1.54, 1.807) is 0 Å². The predicted octanol–water partition coefficient (Wildman–Crippen LogP) is 1.34. The molecule has 0 aliphatic carbocycles. The number of aryl methyl sites for hydroxylation is 1. The summed E-state index contributed by atoms with van der Waals surface area (Å²) in [5.41, 5.74) is 5.84. The molecular weight excluding hydrogens is 250 g/mol. The lowest BCUT2D eigenvalue weighted by Crippen LogP contribution is -2.43. The van der Waals surface area contributed by atoms with E-state index in [0.717, 1.165) is 37.8 Å². The second-order valence-electron chi connectivity index (χ2n) is 4.76. The Balaban J connectivity index is 0.00000162. The summed E-state index contributed by atoms with van der Waals surface area (Å²) >= 11 is 0. The number of hydrogen-bond acceptors (Lipinski definition) is 4. The molecule has 6 heteroatoms. The van der Waals surface area contributed by atoms with E-state index in [1.165, 1.54) is 19.3 Å². The minimum atomic E-state index is 0. The Labute approximate surface area is 115 Å². The molecule has 5 nitrogen and oxygen atoms in total. The largest absolute Gasteiger partial charge is 0.329 e. The van der Waals surface area contributed by atoms with Gasteiger partial charge in [-0.15, -0.1) is 22.6 Å². The summed E-state index contributed by atoms with van der Waals surface area (Å²) in [6, 6.07) is 0.520. The third-order valence-corrected chi connectivity index (χ3v) is 3.69. The normalized spacial score (nSPS) is 20.7. The standard InChI is InChI=1S/C12H23N5.ClH/c1-3-17-10(2)14-15-12(17)9-16-7-5-4-6-11(16)8-13;/h11H,3-9,13H2,1-2H3;1H. The number of nitrogens with two attached hydrogens (primary N) is 1. The van der Waals surface area contributed by atoms with Crippen LogP contribution in [-0.2, 0) is 13.1 Å². The van der Waals surface area contributed by atoms with Crippen LogP contribution in [0.2, 0.25) is 0 Å². The maximum absolute atomic E-state index is 5.84. The van der Waals surface area contributed by atoms with Crippen LogP contribution in [0.5, 0.6) is 0 Å². The van der Waals surface area contributed by atoms with Crippen molar-refractivity contribution in [3.05, 3.63) is 11.6 Å². The zero-order chi connectivity index (χ0) is 12.3. The number of hydrogen-bond donors (Lipinski definition) is 1. The summed E-state index contributed by atoms with van der Waals surface area (Å²) in [6.45, 7) is 7.86. The summed E-state index contributed by atoms with van der Waals surface area (Å²) in [6.07, 6.45) is 3.79. The molecule has 0 amide bonds. The molecule has 0 saturated carbocycles. The molecule has 1 aliphatic rings. The summed E-state index contributed by atoms with van der Waals surface area (Å²) in [5, 5.41) is 8.44. The smallest absolute Gasteiger partial charge is 0.147 e. The predicted molar refractivity (Wildman–Crippen MR) is 74.8 cm³/mol. The zero-order valence-corrected chi connectivity index (χ0v) is 12.1. The lowest BCUT2D eigenvalue weighted by molar-refractivity contribution is 0.139. The van der Waals surface area contributed by atoms with E-state index in [-0.39, 0.29) is 12.4 Å². The second-order valence-corrected chi connectivity index (χ2v) is 4.76. The molecule has 0 aromatic carbocycles. The van der Waals surface area contributed by atoms with Crippen molar-refractivity contribution in [2.45, 2.75) is 52.2 Å². The van der Waals surface area contributed by atoms with Crippen LogP contribution in [0.15, 0.2) is 0 Å². The highest BCUT2D eigenvalue weighted by Gasteiger charge is 2.22. The van der Waals surface area contributed by atoms with Crippen molar-refractivity contribution < 1.29 is 0 Å². The van der Waals surface area contributed by atoms with Crippen LogP contribution in [-0.4, -0.2) is 38.8 Å². The van der Waals surface area contributed by atoms with E-state index in [4.69, 9.17) is 5.73 Å². The Morgan fingerprint density at radius 1 is 1.33 bits per heavy atom. The Morgan fingerprint density at radius 2 is 2.11 bits per heavy atom. The Kier molecular flexibility index (Phi) is 6.05. The molecule has 1 unspecified atom stereocenters. The maximum atomic E-state index is 5.84. The molecule has 1 atom stereocenters. The Morgan fingerprint density at radius 3 is 2.78 bits per heavy atom. The molecule has 1 aliphatic heterocycles. The van der Waals surface area contributed by atoms with Gasteiger partial charge in [-0.25, -0.2) is 0 Å². The number of likely N-dealkylation sites (tertiary alicyclic amines) is 1. The molecule has 2 rings (SSSR count). The highest BCUT2D eigenvalue weighted by atomic mass is 35.5. The van der Waals surface area contributed by atoms with Crippen LogP contribution in [0.25, 0.3) is 0 Å². The fourth-order valence-corrected chi connectivity index (χ4v) is 2.67. The first-order valence-corrected chi connectivity index (χ1v) is 6.59. The van der Waals surface area contributed by atoms with Gasteiger partial charge in [0.15, 0.2) is 0 Å². The van der Waals surface area contributed by atoms with Crippen molar-refractivity contribution in [1.29, 1.82) is 0 Å². The highest BCUT2D eigenvalue weighted by molar-refractivity contribution is 5.85. The molecule has 1 fully saturated rings. The van der Waals surface area contributed by atoms with Crippen molar-refractivity contribution in [1.82, 2.24) is 19.7 Å². The fraction of sp³-hybridized carbons (Fsp3) is 0.833. The van der Waals surface area contributed by atoms with Gasteiger partial charge in [-0.05, 0) is 33.2 Å². The van der Waals surface area contributed by atoms with Crippen LogP contribution in [0.4, 0.5) is 0 Å². The number of piperidine rings is 1. The summed E-state index contributed by atoms with van der Waals surface area (Å²) in [7, 11) is 0. The van der Waals surface area contributed by atoms with Crippen LogP contribution < -0.4 is 5.73 Å². The van der Waals surface area contributed by atoms with Gasteiger partial charge in [0.05, 0.1) is 6.54 Å². The number of aromatic nitrogens is 3. The number of halogens is 1. The van der Waals surface area contributed by atoms with Crippen molar-refractivity contribution in [2.24, 2.45) is 5.73 Å². The average Bonchev–Trinajstić information content (AvgIpc) is 2.70. The highest BCUT2D eigenvalue weighted by Crippen LogP contribution is 2.18. The van der Waals surface area contributed by atoms with Gasteiger partial charge in [0.2, 0.25) is 0 Å². The topological polar surface area (TPSA) is 60.0 Å². The monoisotopic (exact) mass is 273 g/mol. The van der Waals surface area contributed by atoms with Crippen molar-refractivity contribution in [2.75, 3.05) is 13.1 Å². The third-order valence-electron chi connectivity index (χ3n) is 3.69. The van der Waals surface area contributed by atoms with Crippen LogP contribution in [0.1, 0.15) is 37.8 Å². The summed E-state index contributed by atoms with van der Waals surface area (Å²) < 4.78 is 2.18. The molecule has 18 heavy (non-hydrogen) atoms. The van der Waals surface area contributed by atoms with Gasteiger partial charge in [-0.2, -0.15) is 0 Å². The van der Waals surface area contributed by atoms with Gasteiger partial charge < -0.3 is 10.3 Å². The quantitative estimate of drug-likeness (QED) is 0.899. The lowest BCUT2D eigenvalue weighted by atomic mass is 10.0. The first kappa shape index (κ1) is 15.4. The third kappa shape index (κ3) is 3.22. The maximum Gasteiger partial charge on any atom is 0.147 e. The number of rotatable bonds is 4. The minimum absolute atomic E-state index is 0. The van der Waals surface area contributed by atoms with E-state index in [9.17, 15) is 0 Å². The SMILES string of the molecule is CCn1c(C)nnc1CN1CCCCC1CN.Cl. The summed E-state index contributed by atoms with van der Waals surface area (Å²) in [4.78, 5) is 2.46. The van der Waals surface area contributed by atoms with E-state index in [2.05, 4.69) is 26.6 Å². The van der Waals surface area contributed by atoms with Gasteiger partial charge in [0.25, 0.3) is 0 Å². The fourth-order valence-electron chi connectivity index (χ4n) is 2.67. The molecule has 0 radical (unpaired) electrons. The minimum Gasteiger partial charge on any atom is -0.329 e. The van der Waals surface area contributed by atoms with Crippen LogP contribution >= 0.6 is 12.4 Å². The summed E-state index contributed by atoms with van der Waals surface area (Å²) in [5.74, 6) is 2.08. The van der Waals surface area contributed by atoms with Gasteiger partial charge in [-0.3, -0.25) is 4.90 Å². The number of nitrogens with zero attached hydrogens (tertiary/aromatic N) is 4. The Bertz CT molecular complexity index is 365. The van der Waals surface area contributed by atoms with Gasteiger partial charge in [-0.1, -0.05) is 6.42 Å². The van der Waals surface area contributed by atoms with E-state index in [1.807, 2.05) is 6.92 Å². The first-order chi connectivity index (χ1) is 8.26. The van der Waals surface area contributed by atoms with E-state index in [0.29, 0.717) is 6.04 Å². The molecule has 0 spiro atoms. The van der Waals surface area contributed by atoms with Gasteiger partial charge in [0.1, 0.15) is 11.6 Å². The average molecular weight is 274 g/mol.